The molecule has 4 aliphatic rings. The summed E-state index contributed by atoms with van der Waals surface area (Å²) in [4.78, 5) is 44.6. The van der Waals surface area contributed by atoms with Crippen molar-refractivity contribution in [2.45, 2.75) is 31.5 Å². The molecule has 0 unspecified atom stereocenters. The Kier molecular flexibility index (Phi) is 7.10. The molecule has 10 heteroatoms. The number of aromatic amines is 1. The smallest absolute Gasteiger partial charge is 0.258 e. The molecule has 4 aromatic rings. The maximum Gasteiger partial charge on any atom is 0.258 e. The molecule has 8 rings (SSSR count). The third kappa shape index (κ3) is 6.13. The van der Waals surface area contributed by atoms with Gasteiger partial charge in [-0.25, -0.2) is 0 Å². The lowest BCUT2D eigenvalue weighted by molar-refractivity contribution is -0.123. The Labute approximate surface area is 248 Å². The van der Waals surface area contributed by atoms with Crippen molar-refractivity contribution in [2.75, 3.05) is 26.3 Å². The topological polar surface area (TPSA) is 122 Å². The van der Waals surface area contributed by atoms with E-state index < -0.39 is 12.1 Å². The molecular weight excluding hydrogens is 548 g/mol. The van der Waals surface area contributed by atoms with Crippen LogP contribution in [0.3, 0.4) is 0 Å². The minimum atomic E-state index is -0.491. The average Bonchev–Trinajstić information content (AvgIpc) is 3.60. The summed E-state index contributed by atoms with van der Waals surface area (Å²) in [6, 6.07) is 19.4. The third-order valence-electron chi connectivity index (χ3n) is 8.07. The second-order valence-electron chi connectivity index (χ2n) is 11.4. The molecule has 1 aliphatic carbocycles. The summed E-state index contributed by atoms with van der Waals surface area (Å²) >= 11 is 0. The molecule has 4 bridgehead atoms. The van der Waals surface area contributed by atoms with Gasteiger partial charge in [0.05, 0.1) is 19.2 Å². The van der Waals surface area contributed by atoms with Crippen molar-refractivity contribution in [1.29, 1.82) is 0 Å². The number of likely N-dealkylation sites (tertiary alicyclic amines) is 1. The van der Waals surface area contributed by atoms with Gasteiger partial charge in [-0.3, -0.25) is 14.4 Å². The number of carbonyl (C=O) groups is 3. The molecule has 3 aliphatic heterocycles. The van der Waals surface area contributed by atoms with Gasteiger partial charge in [0.25, 0.3) is 17.7 Å². The van der Waals surface area contributed by atoms with E-state index in [2.05, 4.69) is 15.6 Å². The van der Waals surface area contributed by atoms with Crippen LogP contribution in [0, 0.1) is 5.92 Å². The second kappa shape index (κ2) is 11.4. The summed E-state index contributed by atoms with van der Waals surface area (Å²) in [6.45, 7) is 1.26. The number of rotatable bonds is 4. The van der Waals surface area contributed by atoms with Crippen LogP contribution in [0.1, 0.15) is 39.1 Å². The lowest BCUT2D eigenvalue weighted by Crippen LogP contribution is -2.45. The summed E-state index contributed by atoms with van der Waals surface area (Å²) in [6.07, 6.45) is 3.61. The first-order chi connectivity index (χ1) is 21.0. The maximum atomic E-state index is 13.7. The molecule has 43 heavy (non-hydrogen) atoms. The predicted octanol–water partition coefficient (Wildman–Crippen LogP) is 3.67. The Morgan fingerprint density at radius 2 is 1.81 bits per heavy atom. The number of amides is 3. The normalized spacial score (nSPS) is 20.4. The van der Waals surface area contributed by atoms with Crippen molar-refractivity contribution in [3.05, 3.63) is 89.6 Å². The highest BCUT2D eigenvalue weighted by atomic mass is 16.5. The summed E-state index contributed by atoms with van der Waals surface area (Å²) in [7, 11) is 0. The number of hydrogen-bond donors (Lipinski definition) is 3. The quantitative estimate of drug-likeness (QED) is 0.339. The van der Waals surface area contributed by atoms with Crippen LogP contribution in [-0.2, 0) is 11.3 Å². The van der Waals surface area contributed by atoms with Crippen molar-refractivity contribution in [2.24, 2.45) is 5.92 Å². The summed E-state index contributed by atoms with van der Waals surface area (Å²) in [5.74, 6) is 1.22. The zero-order valence-electron chi connectivity index (χ0n) is 23.5. The monoisotopic (exact) mass is 580 g/mol. The van der Waals surface area contributed by atoms with E-state index in [1.807, 2.05) is 48.7 Å². The van der Waals surface area contributed by atoms with Crippen LogP contribution < -0.4 is 24.8 Å². The average molecular weight is 581 g/mol. The molecule has 3 aromatic carbocycles. The van der Waals surface area contributed by atoms with Gasteiger partial charge in [0.2, 0.25) is 0 Å². The lowest BCUT2D eigenvalue weighted by atomic mass is 10.1. The van der Waals surface area contributed by atoms with Gasteiger partial charge in [0.15, 0.2) is 6.61 Å². The number of benzene rings is 3. The molecule has 1 aromatic heterocycles. The van der Waals surface area contributed by atoms with Gasteiger partial charge in [-0.1, -0.05) is 12.1 Å². The molecule has 3 amide bonds. The van der Waals surface area contributed by atoms with Crippen LogP contribution in [-0.4, -0.2) is 66.1 Å². The van der Waals surface area contributed by atoms with Gasteiger partial charge in [-0.2, -0.15) is 0 Å². The molecule has 220 valence electrons. The van der Waals surface area contributed by atoms with Crippen molar-refractivity contribution in [1.82, 2.24) is 20.5 Å². The molecule has 10 nitrogen and oxygen atoms in total. The molecule has 2 atom stereocenters. The number of aromatic nitrogens is 1. The van der Waals surface area contributed by atoms with Crippen molar-refractivity contribution >= 4 is 28.6 Å². The maximum absolute atomic E-state index is 13.7. The third-order valence-corrected chi connectivity index (χ3v) is 8.07. The van der Waals surface area contributed by atoms with Crippen LogP contribution in [0.2, 0.25) is 0 Å². The van der Waals surface area contributed by atoms with E-state index in [-0.39, 0.29) is 30.9 Å². The zero-order chi connectivity index (χ0) is 29.3. The number of fused-ring (bicyclic) bond motifs is 8. The van der Waals surface area contributed by atoms with Gasteiger partial charge in [0.1, 0.15) is 23.4 Å². The van der Waals surface area contributed by atoms with Crippen LogP contribution in [0.15, 0.2) is 72.9 Å². The fourth-order valence-corrected chi connectivity index (χ4v) is 5.45. The number of nitrogens with one attached hydrogen (secondary N) is 3. The number of hydrogen-bond acceptors (Lipinski definition) is 6. The number of ether oxygens (including phenoxy) is 3. The van der Waals surface area contributed by atoms with E-state index >= 15 is 0 Å². The molecule has 2 fully saturated rings. The summed E-state index contributed by atoms with van der Waals surface area (Å²) in [5, 5.41) is 6.90. The zero-order valence-corrected chi connectivity index (χ0v) is 23.5. The molecular formula is C33H32N4O6. The van der Waals surface area contributed by atoms with E-state index in [1.54, 1.807) is 29.2 Å². The predicted molar refractivity (Wildman–Crippen MR) is 158 cm³/mol. The Morgan fingerprint density at radius 1 is 0.953 bits per heavy atom. The minimum absolute atomic E-state index is 0.132. The van der Waals surface area contributed by atoms with E-state index in [9.17, 15) is 14.4 Å². The number of carbonyl (C=O) groups excluding carboxylic acids is 3. The van der Waals surface area contributed by atoms with Gasteiger partial charge in [-0.15, -0.1) is 0 Å². The van der Waals surface area contributed by atoms with Crippen LogP contribution in [0.5, 0.6) is 17.2 Å². The van der Waals surface area contributed by atoms with Crippen LogP contribution in [0.4, 0.5) is 0 Å². The van der Waals surface area contributed by atoms with E-state index in [0.29, 0.717) is 54.0 Å². The van der Waals surface area contributed by atoms with Crippen molar-refractivity contribution in [3.63, 3.8) is 0 Å². The molecule has 0 spiro atoms. The number of nitrogens with zero attached hydrogens (tertiary/aromatic N) is 1. The highest BCUT2D eigenvalue weighted by Crippen LogP contribution is 2.31. The molecule has 0 radical (unpaired) electrons. The fourth-order valence-electron chi connectivity index (χ4n) is 5.45. The van der Waals surface area contributed by atoms with Crippen LogP contribution in [0.25, 0.3) is 10.9 Å². The highest BCUT2D eigenvalue weighted by molar-refractivity contribution is 5.99. The number of H-pyrrole nitrogens is 1. The van der Waals surface area contributed by atoms with Crippen LogP contribution >= 0.6 is 0 Å². The van der Waals surface area contributed by atoms with Gasteiger partial charge in [-0.05, 0) is 72.9 Å². The van der Waals surface area contributed by atoms with Gasteiger partial charge in [0, 0.05) is 47.4 Å². The summed E-state index contributed by atoms with van der Waals surface area (Å²) < 4.78 is 18.1. The molecule has 4 heterocycles. The first-order valence-corrected chi connectivity index (χ1v) is 14.6. The van der Waals surface area contributed by atoms with Crippen molar-refractivity contribution in [3.8, 4) is 17.2 Å². The summed E-state index contributed by atoms with van der Waals surface area (Å²) in [5.41, 5.74) is 2.76. The Hall–Kier alpha value is -4.99. The highest BCUT2D eigenvalue weighted by Gasteiger charge is 2.38. The van der Waals surface area contributed by atoms with Gasteiger partial charge < -0.3 is 34.7 Å². The lowest BCUT2D eigenvalue weighted by Gasteiger charge is -2.21. The molecule has 3 N–H and O–H groups in total. The van der Waals surface area contributed by atoms with E-state index in [0.717, 1.165) is 29.3 Å². The van der Waals surface area contributed by atoms with E-state index in [4.69, 9.17) is 14.2 Å². The Bertz CT molecular complexity index is 1680. The van der Waals surface area contributed by atoms with E-state index in [1.165, 1.54) is 0 Å². The fraction of sp³-hybridized carbons (Fsp3) is 0.303. The molecule has 1 saturated heterocycles. The second-order valence-corrected chi connectivity index (χ2v) is 11.4. The Balaban J connectivity index is 1.17. The first kappa shape index (κ1) is 26.9. The van der Waals surface area contributed by atoms with Gasteiger partial charge >= 0.3 is 0 Å². The minimum Gasteiger partial charge on any atom is -0.493 e. The molecule has 1 saturated carbocycles. The standard InChI is InChI=1S/C33H32N4O6/c38-31-19-42-27-13-24(12-26(14-27)41-18-21-1-2-21)32(39)36-29-16-37(33(40)23-5-8-28-22(11-23)9-10-34-28)17-30(29)43-25-6-3-20(4-7-25)15-35-31/h3-14,21,29-30,34H,1-2,15-19H2,(H,35,38)(H,36,39)/t29-,30-/m0/s1. The SMILES string of the molecule is O=C1COc2cc(OCC3CC3)cc(c2)C(=O)N[C@H]2CN(C(=O)c3ccc4[nH]ccc4c3)C[C@@H]2Oc2ccc(cc2)CN1. The first-order valence-electron chi connectivity index (χ1n) is 14.6. The van der Waals surface area contributed by atoms with Crippen molar-refractivity contribution < 1.29 is 28.6 Å². The largest absolute Gasteiger partial charge is 0.493 e. The Morgan fingerprint density at radius 3 is 2.65 bits per heavy atom.